The SMILES string of the molecule is Cc1c(F)nc(NCC(C)(C)CN(C)C)c(OCc2ccccc2)c1C(=O)Oc1ccccc1. The Kier molecular flexibility index (Phi) is 8.23. The molecule has 34 heavy (non-hydrogen) atoms. The number of carbonyl (C=O) groups excluding carboxylic acids is 1. The summed E-state index contributed by atoms with van der Waals surface area (Å²) in [6.07, 6.45) is 0. The summed E-state index contributed by atoms with van der Waals surface area (Å²) in [7, 11) is 4.00. The van der Waals surface area contributed by atoms with E-state index in [1.807, 2.05) is 50.5 Å². The number of aromatic nitrogens is 1. The highest BCUT2D eigenvalue weighted by atomic mass is 19.1. The van der Waals surface area contributed by atoms with Gasteiger partial charge in [-0.3, -0.25) is 0 Å². The Bertz CT molecular complexity index is 1100. The molecule has 0 atom stereocenters. The van der Waals surface area contributed by atoms with Gasteiger partial charge >= 0.3 is 5.97 Å². The summed E-state index contributed by atoms with van der Waals surface area (Å²) in [5.74, 6) is -0.751. The van der Waals surface area contributed by atoms with Crippen LogP contribution in [0.1, 0.15) is 35.3 Å². The molecule has 0 saturated heterocycles. The van der Waals surface area contributed by atoms with Crippen molar-refractivity contribution >= 4 is 11.8 Å². The van der Waals surface area contributed by atoms with Crippen molar-refractivity contribution in [1.82, 2.24) is 9.88 Å². The lowest BCUT2D eigenvalue weighted by atomic mass is 9.93. The second-order valence-electron chi connectivity index (χ2n) is 9.31. The van der Waals surface area contributed by atoms with E-state index in [4.69, 9.17) is 9.47 Å². The van der Waals surface area contributed by atoms with E-state index in [1.54, 1.807) is 24.3 Å². The Morgan fingerprint density at radius 1 is 1.06 bits per heavy atom. The second-order valence-corrected chi connectivity index (χ2v) is 9.31. The van der Waals surface area contributed by atoms with E-state index in [0.29, 0.717) is 12.3 Å². The molecule has 0 aliphatic rings. The Morgan fingerprint density at radius 3 is 2.29 bits per heavy atom. The Hall–Kier alpha value is -3.45. The number of nitrogens with one attached hydrogen (secondary N) is 1. The number of hydrogen-bond donors (Lipinski definition) is 1. The molecule has 180 valence electrons. The highest BCUT2D eigenvalue weighted by Gasteiger charge is 2.27. The van der Waals surface area contributed by atoms with Crippen LogP contribution in [0, 0.1) is 18.3 Å². The van der Waals surface area contributed by atoms with Crippen molar-refractivity contribution in [2.45, 2.75) is 27.4 Å². The van der Waals surface area contributed by atoms with E-state index in [1.165, 1.54) is 6.92 Å². The zero-order chi connectivity index (χ0) is 24.7. The standard InChI is InChI=1S/C27H32FN3O3/c1-19-22(26(32)34-21-14-10-7-11-15-21)23(33-16-20-12-8-6-9-13-20)25(30-24(19)28)29-17-27(2,3)18-31(4)5/h6-15H,16-18H2,1-5H3,(H,29,30). The summed E-state index contributed by atoms with van der Waals surface area (Å²) in [4.78, 5) is 19.4. The number of ether oxygens (including phenoxy) is 2. The van der Waals surface area contributed by atoms with Crippen LogP contribution in [0.3, 0.4) is 0 Å². The van der Waals surface area contributed by atoms with Crippen LogP contribution in [-0.4, -0.2) is 43.0 Å². The minimum Gasteiger partial charge on any atom is -0.484 e. The molecule has 3 rings (SSSR count). The smallest absolute Gasteiger partial charge is 0.347 e. The summed E-state index contributed by atoms with van der Waals surface area (Å²) in [5.41, 5.74) is 0.849. The van der Waals surface area contributed by atoms with Gasteiger partial charge in [0, 0.05) is 18.7 Å². The quantitative estimate of drug-likeness (QED) is 0.248. The third kappa shape index (κ3) is 6.78. The first kappa shape index (κ1) is 25.2. The van der Waals surface area contributed by atoms with E-state index in [9.17, 15) is 9.18 Å². The molecule has 3 aromatic rings. The molecule has 0 fully saturated rings. The molecular weight excluding hydrogens is 433 g/mol. The minimum atomic E-state index is -0.750. The first-order chi connectivity index (χ1) is 16.2. The van der Waals surface area contributed by atoms with Crippen LogP contribution in [0.25, 0.3) is 0 Å². The van der Waals surface area contributed by atoms with Crippen molar-refractivity contribution in [2.24, 2.45) is 5.41 Å². The average molecular weight is 466 g/mol. The first-order valence-electron chi connectivity index (χ1n) is 11.2. The van der Waals surface area contributed by atoms with Crippen molar-refractivity contribution < 1.29 is 18.7 Å². The second kappa shape index (κ2) is 11.1. The molecule has 0 saturated carbocycles. The minimum absolute atomic E-state index is 0.0141. The summed E-state index contributed by atoms with van der Waals surface area (Å²) in [6.45, 7) is 7.18. The van der Waals surface area contributed by atoms with Crippen LogP contribution in [-0.2, 0) is 6.61 Å². The van der Waals surface area contributed by atoms with Crippen LogP contribution in [0.2, 0.25) is 0 Å². The summed E-state index contributed by atoms with van der Waals surface area (Å²) >= 11 is 0. The number of carbonyl (C=O) groups is 1. The van der Waals surface area contributed by atoms with Crippen molar-refractivity contribution in [2.75, 3.05) is 32.5 Å². The van der Waals surface area contributed by atoms with E-state index < -0.39 is 11.9 Å². The van der Waals surface area contributed by atoms with Gasteiger partial charge in [-0.05, 0) is 44.1 Å². The number of rotatable bonds is 10. The molecular formula is C27H32FN3O3. The predicted molar refractivity (Wildman–Crippen MR) is 132 cm³/mol. The molecule has 7 heteroatoms. The van der Waals surface area contributed by atoms with Gasteiger partial charge in [0.05, 0.1) is 0 Å². The van der Waals surface area contributed by atoms with Gasteiger partial charge in [0.1, 0.15) is 17.9 Å². The highest BCUT2D eigenvalue weighted by Crippen LogP contribution is 2.34. The summed E-state index contributed by atoms with van der Waals surface area (Å²) < 4.78 is 26.5. The number of nitrogens with zero attached hydrogens (tertiary/aromatic N) is 2. The van der Waals surface area contributed by atoms with Gasteiger partial charge < -0.3 is 19.7 Å². The lowest BCUT2D eigenvalue weighted by Crippen LogP contribution is -2.34. The highest BCUT2D eigenvalue weighted by molar-refractivity contribution is 5.97. The van der Waals surface area contributed by atoms with Gasteiger partial charge in [-0.25, -0.2) is 4.79 Å². The van der Waals surface area contributed by atoms with E-state index in [-0.39, 0.29) is 34.7 Å². The van der Waals surface area contributed by atoms with E-state index in [2.05, 4.69) is 29.0 Å². The molecule has 1 aromatic heterocycles. The number of esters is 1. The van der Waals surface area contributed by atoms with E-state index in [0.717, 1.165) is 12.1 Å². The van der Waals surface area contributed by atoms with Crippen molar-refractivity contribution in [3.05, 3.63) is 83.3 Å². The normalized spacial score (nSPS) is 11.4. The fourth-order valence-electron chi connectivity index (χ4n) is 3.74. The van der Waals surface area contributed by atoms with Gasteiger partial charge in [-0.15, -0.1) is 0 Å². The van der Waals surface area contributed by atoms with Crippen molar-refractivity contribution in [3.8, 4) is 11.5 Å². The molecule has 6 nitrogen and oxygen atoms in total. The van der Waals surface area contributed by atoms with Gasteiger partial charge in [0.15, 0.2) is 11.6 Å². The molecule has 0 spiro atoms. The third-order valence-corrected chi connectivity index (χ3v) is 5.20. The molecule has 1 N–H and O–H groups in total. The Labute approximate surface area is 200 Å². The number of benzene rings is 2. The average Bonchev–Trinajstić information content (AvgIpc) is 2.79. The molecule has 0 unspecified atom stereocenters. The van der Waals surface area contributed by atoms with E-state index >= 15 is 0 Å². The number of anilines is 1. The number of halogens is 1. The monoisotopic (exact) mass is 465 g/mol. The van der Waals surface area contributed by atoms with Crippen LogP contribution in [0.5, 0.6) is 11.5 Å². The summed E-state index contributed by atoms with van der Waals surface area (Å²) in [6, 6.07) is 18.2. The van der Waals surface area contributed by atoms with Crippen LogP contribution in [0.15, 0.2) is 60.7 Å². The topological polar surface area (TPSA) is 63.7 Å². The van der Waals surface area contributed by atoms with Crippen LogP contribution in [0.4, 0.5) is 10.2 Å². The maximum Gasteiger partial charge on any atom is 0.347 e. The maximum atomic E-state index is 14.9. The Morgan fingerprint density at radius 2 is 1.68 bits per heavy atom. The zero-order valence-electron chi connectivity index (χ0n) is 20.4. The zero-order valence-corrected chi connectivity index (χ0v) is 20.4. The lowest BCUT2D eigenvalue weighted by Gasteiger charge is -2.29. The van der Waals surface area contributed by atoms with Crippen LogP contribution < -0.4 is 14.8 Å². The molecule has 0 aliphatic heterocycles. The summed E-state index contributed by atoms with van der Waals surface area (Å²) in [5, 5.41) is 3.21. The maximum absolute atomic E-state index is 14.9. The van der Waals surface area contributed by atoms with Crippen LogP contribution >= 0.6 is 0 Å². The van der Waals surface area contributed by atoms with Gasteiger partial charge in [-0.2, -0.15) is 9.37 Å². The number of hydrogen-bond acceptors (Lipinski definition) is 6. The van der Waals surface area contributed by atoms with Gasteiger partial charge in [0.2, 0.25) is 5.95 Å². The fourth-order valence-corrected chi connectivity index (χ4v) is 3.74. The first-order valence-corrected chi connectivity index (χ1v) is 11.2. The predicted octanol–water partition coefficient (Wildman–Crippen LogP) is 5.33. The molecule has 0 bridgehead atoms. The van der Waals surface area contributed by atoms with Gasteiger partial charge in [0.25, 0.3) is 0 Å². The fraction of sp³-hybridized carbons (Fsp3) is 0.333. The Balaban J connectivity index is 1.98. The molecule has 1 heterocycles. The van der Waals surface area contributed by atoms with Crippen molar-refractivity contribution in [3.63, 3.8) is 0 Å². The number of para-hydroxylation sites is 1. The molecule has 0 radical (unpaired) electrons. The molecule has 0 aliphatic carbocycles. The molecule has 0 amide bonds. The lowest BCUT2D eigenvalue weighted by molar-refractivity contribution is 0.0728. The van der Waals surface area contributed by atoms with Crippen molar-refractivity contribution in [1.29, 1.82) is 0 Å². The third-order valence-electron chi connectivity index (χ3n) is 5.20. The number of pyridine rings is 1. The molecule has 2 aromatic carbocycles. The van der Waals surface area contributed by atoms with Gasteiger partial charge in [-0.1, -0.05) is 62.4 Å². The largest absolute Gasteiger partial charge is 0.484 e.